The Balaban J connectivity index is 2.19. The van der Waals surface area contributed by atoms with Crippen LogP contribution in [0, 0.1) is 0 Å². The average Bonchev–Trinajstić information content (AvgIpc) is 3.41. The summed E-state index contributed by atoms with van der Waals surface area (Å²) in [6.07, 6.45) is 2.35. The number of unbranched alkanes of at least 4 members (excludes halogenated alkanes) is 1. The number of phenols is 1. The molecule has 1 saturated heterocycles. The highest BCUT2D eigenvalue weighted by atomic mass is 16.4. The van der Waals surface area contributed by atoms with Crippen LogP contribution in [0.25, 0.3) is 0 Å². The molecule has 0 saturated carbocycles. The summed E-state index contributed by atoms with van der Waals surface area (Å²) < 4.78 is 0. The lowest BCUT2D eigenvalue weighted by Gasteiger charge is -2.25. The van der Waals surface area contributed by atoms with Gasteiger partial charge in [-0.25, -0.2) is 4.79 Å². The minimum Gasteiger partial charge on any atom is -0.508 e. The molecule has 210 valence electrons. The van der Waals surface area contributed by atoms with Gasteiger partial charge < -0.3 is 42.9 Å². The van der Waals surface area contributed by atoms with E-state index in [1.807, 2.05) is 0 Å². The first-order valence-corrected chi connectivity index (χ1v) is 12.7. The van der Waals surface area contributed by atoms with Crippen molar-refractivity contribution in [1.29, 1.82) is 0 Å². The van der Waals surface area contributed by atoms with Gasteiger partial charge in [0.05, 0.1) is 6.04 Å². The minimum atomic E-state index is -1.37. The number of carboxylic acid groups (broad SMARTS) is 1. The fourth-order valence-electron chi connectivity index (χ4n) is 4.11. The lowest BCUT2D eigenvalue weighted by molar-refractivity contribution is -0.142. The van der Waals surface area contributed by atoms with Gasteiger partial charge in [0.25, 0.3) is 0 Å². The van der Waals surface area contributed by atoms with E-state index >= 15 is 0 Å². The Hall–Kier alpha value is -3.71. The number of rotatable bonds is 16. The van der Waals surface area contributed by atoms with Crippen LogP contribution in [0.5, 0.6) is 5.75 Å². The molecule has 0 aliphatic carbocycles. The molecule has 13 heteroatoms. The Morgan fingerprint density at radius 1 is 0.947 bits per heavy atom. The first-order valence-electron chi connectivity index (χ1n) is 12.7. The molecule has 1 fully saturated rings. The molecule has 0 bridgehead atoms. The van der Waals surface area contributed by atoms with E-state index in [9.17, 15) is 34.2 Å². The third-order valence-electron chi connectivity index (χ3n) is 6.26. The number of hydrogen-bond donors (Lipinski definition) is 8. The molecule has 0 aromatic heterocycles. The summed E-state index contributed by atoms with van der Waals surface area (Å²) in [6, 6.07) is 2.23. The molecule has 1 aliphatic heterocycles. The molecule has 4 unspecified atom stereocenters. The molecular formula is C25H38N6O7. The van der Waals surface area contributed by atoms with Crippen molar-refractivity contribution in [2.45, 2.75) is 75.5 Å². The first kappa shape index (κ1) is 30.5. The summed E-state index contributed by atoms with van der Waals surface area (Å²) in [5.41, 5.74) is 11.3. The number of hydrogen-bond acceptors (Lipinski definition) is 8. The second-order valence-corrected chi connectivity index (χ2v) is 9.33. The number of amides is 4. The smallest absolute Gasteiger partial charge is 0.326 e. The topological polar surface area (TPSA) is 226 Å². The summed E-state index contributed by atoms with van der Waals surface area (Å²) >= 11 is 0. The second kappa shape index (κ2) is 15.5. The molecule has 0 spiro atoms. The van der Waals surface area contributed by atoms with Crippen LogP contribution in [0.4, 0.5) is 0 Å². The lowest BCUT2D eigenvalue weighted by atomic mass is 10.0. The van der Waals surface area contributed by atoms with Gasteiger partial charge in [-0.15, -0.1) is 0 Å². The SMILES string of the molecule is NCCCCC(NC(=O)C(Cc1ccc(O)cc1)NC(=O)C1CCCN1)C(=O)NC(CCC(N)=O)C(=O)O. The van der Waals surface area contributed by atoms with E-state index in [2.05, 4.69) is 21.3 Å². The number of phenolic OH excluding ortho intramolecular Hbond substituents is 1. The normalized spacial score (nSPS) is 17.1. The van der Waals surface area contributed by atoms with Crippen molar-refractivity contribution in [1.82, 2.24) is 21.3 Å². The van der Waals surface area contributed by atoms with Crippen molar-refractivity contribution in [3.63, 3.8) is 0 Å². The Labute approximate surface area is 221 Å². The minimum absolute atomic E-state index is 0.0508. The number of primary amides is 1. The van der Waals surface area contributed by atoms with Crippen LogP contribution >= 0.6 is 0 Å². The van der Waals surface area contributed by atoms with Gasteiger partial charge in [-0.3, -0.25) is 19.2 Å². The van der Waals surface area contributed by atoms with Crippen LogP contribution in [0.1, 0.15) is 50.5 Å². The molecule has 2 rings (SSSR count). The molecule has 1 aliphatic rings. The highest BCUT2D eigenvalue weighted by Crippen LogP contribution is 2.13. The number of aliphatic carboxylic acids is 1. The van der Waals surface area contributed by atoms with E-state index < -0.39 is 47.9 Å². The van der Waals surface area contributed by atoms with Gasteiger partial charge in [0.2, 0.25) is 23.6 Å². The van der Waals surface area contributed by atoms with Crippen molar-refractivity contribution in [2.75, 3.05) is 13.1 Å². The van der Waals surface area contributed by atoms with E-state index in [1.54, 1.807) is 12.1 Å². The summed E-state index contributed by atoms with van der Waals surface area (Å²) in [6.45, 7) is 1.06. The number of carbonyl (C=O) groups is 5. The molecule has 38 heavy (non-hydrogen) atoms. The fraction of sp³-hybridized carbons (Fsp3) is 0.560. The van der Waals surface area contributed by atoms with E-state index in [4.69, 9.17) is 11.5 Å². The predicted molar refractivity (Wildman–Crippen MR) is 138 cm³/mol. The van der Waals surface area contributed by atoms with Gasteiger partial charge in [0.1, 0.15) is 23.9 Å². The largest absolute Gasteiger partial charge is 0.508 e. The Kier molecular flexibility index (Phi) is 12.5. The summed E-state index contributed by atoms with van der Waals surface area (Å²) in [5, 5.41) is 29.9. The summed E-state index contributed by atoms with van der Waals surface area (Å²) in [4.78, 5) is 61.9. The van der Waals surface area contributed by atoms with Gasteiger partial charge >= 0.3 is 5.97 Å². The van der Waals surface area contributed by atoms with Gasteiger partial charge in [-0.1, -0.05) is 12.1 Å². The van der Waals surface area contributed by atoms with Crippen molar-refractivity contribution in [3.8, 4) is 5.75 Å². The summed E-state index contributed by atoms with van der Waals surface area (Å²) in [5.74, 6) is -3.70. The van der Waals surface area contributed by atoms with Gasteiger partial charge in [-0.2, -0.15) is 0 Å². The highest BCUT2D eigenvalue weighted by molar-refractivity contribution is 5.94. The van der Waals surface area contributed by atoms with Gasteiger partial charge in [0, 0.05) is 12.8 Å². The zero-order valence-corrected chi connectivity index (χ0v) is 21.3. The molecule has 10 N–H and O–H groups in total. The second-order valence-electron chi connectivity index (χ2n) is 9.33. The number of nitrogens with one attached hydrogen (secondary N) is 4. The Bertz CT molecular complexity index is 965. The Morgan fingerprint density at radius 3 is 2.18 bits per heavy atom. The standard InChI is InChI=1S/C25H38N6O7/c26-12-2-1-4-18(23(35)30-19(25(37)38)10-11-21(27)33)29-24(36)20(14-15-6-8-16(32)9-7-15)31-22(34)17-5-3-13-28-17/h6-9,17-20,28,32H,1-5,10-14,26H2,(H2,27,33)(H,29,36)(H,30,35)(H,31,34)(H,37,38). The monoisotopic (exact) mass is 534 g/mol. The molecule has 4 amide bonds. The summed E-state index contributed by atoms with van der Waals surface area (Å²) in [7, 11) is 0. The quantitative estimate of drug-likeness (QED) is 0.117. The number of aromatic hydroxyl groups is 1. The number of carboxylic acids is 1. The molecule has 1 heterocycles. The lowest BCUT2D eigenvalue weighted by Crippen LogP contribution is -2.57. The van der Waals surface area contributed by atoms with Crippen molar-refractivity contribution < 1.29 is 34.2 Å². The third kappa shape index (κ3) is 10.3. The van der Waals surface area contributed by atoms with E-state index in [0.717, 1.165) is 6.42 Å². The van der Waals surface area contributed by atoms with Crippen molar-refractivity contribution in [2.24, 2.45) is 11.5 Å². The predicted octanol–water partition coefficient (Wildman–Crippen LogP) is -1.38. The number of carbonyl (C=O) groups excluding carboxylic acids is 4. The third-order valence-corrected chi connectivity index (χ3v) is 6.26. The van der Waals surface area contributed by atoms with Crippen LogP contribution in [0.15, 0.2) is 24.3 Å². The highest BCUT2D eigenvalue weighted by Gasteiger charge is 2.31. The maximum atomic E-state index is 13.4. The van der Waals surface area contributed by atoms with Crippen molar-refractivity contribution >= 4 is 29.6 Å². The maximum absolute atomic E-state index is 13.4. The molecule has 1 aromatic rings. The van der Waals surface area contributed by atoms with Crippen LogP contribution in [0.3, 0.4) is 0 Å². The van der Waals surface area contributed by atoms with Crippen LogP contribution in [-0.2, 0) is 30.4 Å². The van der Waals surface area contributed by atoms with E-state index in [0.29, 0.717) is 37.9 Å². The molecule has 0 radical (unpaired) electrons. The van der Waals surface area contributed by atoms with Gasteiger partial charge in [-0.05, 0) is 69.3 Å². The molecule has 13 nitrogen and oxygen atoms in total. The van der Waals surface area contributed by atoms with Gasteiger partial charge in [0.15, 0.2) is 0 Å². The molecular weight excluding hydrogens is 496 g/mol. The van der Waals surface area contributed by atoms with E-state index in [1.165, 1.54) is 12.1 Å². The molecule has 1 aromatic carbocycles. The molecule has 4 atom stereocenters. The number of nitrogens with two attached hydrogens (primary N) is 2. The van der Waals surface area contributed by atoms with Crippen LogP contribution < -0.4 is 32.7 Å². The fourth-order valence-corrected chi connectivity index (χ4v) is 4.11. The van der Waals surface area contributed by atoms with E-state index in [-0.39, 0.29) is 37.3 Å². The first-order chi connectivity index (χ1) is 18.1. The average molecular weight is 535 g/mol. The number of benzene rings is 1. The van der Waals surface area contributed by atoms with Crippen LogP contribution in [-0.4, -0.2) is 77.1 Å². The maximum Gasteiger partial charge on any atom is 0.326 e. The van der Waals surface area contributed by atoms with Crippen molar-refractivity contribution in [3.05, 3.63) is 29.8 Å². The Morgan fingerprint density at radius 2 is 1.61 bits per heavy atom. The zero-order chi connectivity index (χ0) is 28.1. The zero-order valence-electron chi connectivity index (χ0n) is 21.3. The van der Waals surface area contributed by atoms with Crippen LogP contribution in [0.2, 0.25) is 0 Å².